The molecule has 270 valence electrons. The van der Waals surface area contributed by atoms with Gasteiger partial charge in [0.2, 0.25) is 0 Å². The molecule has 0 fully saturated rings. The van der Waals surface area contributed by atoms with Gasteiger partial charge in [-0.1, -0.05) is 10.3 Å². The molecule has 19 heteroatoms. The van der Waals surface area contributed by atoms with Gasteiger partial charge >= 0.3 is 0 Å². The summed E-state index contributed by atoms with van der Waals surface area (Å²) in [5, 5.41) is 35.2. The zero-order valence-corrected chi connectivity index (χ0v) is 35.8. The van der Waals surface area contributed by atoms with Crippen LogP contribution in [0.25, 0.3) is 0 Å². The second-order valence-corrected chi connectivity index (χ2v) is 16.6. The van der Waals surface area contributed by atoms with Crippen molar-refractivity contribution in [1.82, 2.24) is 10.6 Å². The minimum Gasteiger partial charge on any atom is -0.495 e. The third kappa shape index (κ3) is 8.09. The van der Waals surface area contributed by atoms with Crippen LogP contribution in [0.3, 0.4) is 0 Å². The molecule has 2 heterocycles. The highest BCUT2D eigenvalue weighted by Crippen LogP contribution is 2.45. The molecule has 2 aliphatic carbocycles. The number of rotatable bonds is 12. The summed E-state index contributed by atoms with van der Waals surface area (Å²) >= 11 is 20.6. The number of allylic oxidation sites excluding steroid dienone is 2. The van der Waals surface area contributed by atoms with Gasteiger partial charge in [-0.05, 0) is 138 Å². The predicted octanol–water partition coefficient (Wildman–Crippen LogP) is 5.60. The first-order chi connectivity index (χ1) is 23.8. The molecule has 4 atom stereocenters. The van der Waals surface area contributed by atoms with Gasteiger partial charge < -0.3 is 44.7 Å². The van der Waals surface area contributed by atoms with E-state index in [2.05, 4.69) is 117 Å². The van der Waals surface area contributed by atoms with Crippen LogP contribution >= 0.6 is 95.6 Å². The van der Waals surface area contributed by atoms with Crippen LogP contribution in [-0.2, 0) is 35.2 Å². The number of benzene rings is 1. The second-order valence-electron chi connectivity index (χ2n) is 11.4. The molecule has 1 aromatic carbocycles. The number of halogens is 6. The first-order valence-corrected chi connectivity index (χ1v) is 19.7. The number of aliphatic hydroxyl groups is 2. The molecule has 0 saturated carbocycles. The van der Waals surface area contributed by atoms with Crippen molar-refractivity contribution in [1.29, 1.82) is 0 Å². The molecule has 0 unspecified atom stereocenters. The lowest BCUT2D eigenvalue weighted by molar-refractivity contribution is -0.115. The lowest BCUT2D eigenvalue weighted by Gasteiger charge is -2.33. The van der Waals surface area contributed by atoms with Crippen molar-refractivity contribution in [3.05, 3.63) is 68.2 Å². The van der Waals surface area contributed by atoms with E-state index in [-0.39, 0.29) is 24.3 Å². The van der Waals surface area contributed by atoms with Crippen molar-refractivity contribution >= 4 is 119 Å². The molecule has 2 amide bonds. The maximum absolute atomic E-state index is 12.9. The van der Waals surface area contributed by atoms with E-state index in [4.69, 9.17) is 23.9 Å². The minimum atomic E-state index is -1.23. The maximum atomic E-state index is 12.9. The van der Waals surface area contributed by atoms with Gasteiger partial charge in [-0.3, -0.25) is 9.59 Å². The van der Waals surface area contributed by atoms with E-state index in [9.17, 15) is 19.8 Å². The number of carbonyl (C=O) groups excluding carboxylic acids is 2. The van der Waals surface area contributed by atoms with Gasteiger partial charge in [0.15, 0.2) is 11.2 Å². The Morgan fingerprint density at radius 1 is 0.820 bits per heavy atom. The summed E-state index contributed by atoms with van der Waals surface area (Å²) in [5.74, 6) is 0.677. The molecule has 0 radical (unpaired) electrons. The molecule has 0 bridgehead atoms. The van der Waals surface area contributed by atoms with Gasteiger partial charge in [-0.25, -0.2) is 0 Å². The van der Waals surface area contributed by atoms with Crippen LogP contribution in [0, 0.1) is 0 Å². The largest absolute Gasteiger partial charge is 0.495 e. The van der Waals surface area contributed by atoms with Gasteiger partial charge in [0.1, 0.15) is 40.9 Å². The Labute approximate surface area is 337 Å². The van der Waals surface area contributed by atoms with Crippen molar-refractivity contribution in [3.63, 3.8) is 0 Å². The molecule has 4 N–H and O–H groups in total. The van der Waals surface area contributed by atoms with E-state index in [0.717, 1.165) is 14.5 Å². The molecule has 4 aliphatic rings. The van der Waals surface area contributed by atoms with Gasteiger partial charge in [0, 0.05) is 25.9 Å². The van der Waals surface area contributed by atoms with Crippen molar-refractivity contribution in [2.24, 2.45) is 10.3 Å². The Morgan fingerprint density at radius 3 is 1.74 bits per heavy atom. The highest BCUT2D eigenvalue weighted by atomic mass is 79.9. The van der Waals surface area contributed by atoms with Gasteiger partial charge in [-0.15, -0.1) is 0 Å². The van der Waals surface area contributed by atoms with E-state index >= 15 is 0 Å². The lowest BCUT2D eigenvalue weighted by Crippen LogP contribution is -2.45. The summed E-state index contributed by atoms with van der Waals surface area (Å²) in [7, 11) is 2.97. The monoisotopic (exact) mass is 1080 g/mol. The maximum Gasteiger partial charge on any atom is 0.269 e. The SMILES string of the molecule is COC1=C(Br)[C@@H](O)[C@]2(C=C1Br)CC(C(=O)NCCc1cc(Br)c(OCCCNC(=O)C3=NO[C@]4(C=C(Br)C(OC)=C(Br)[C@@H]4O)C3)c(Br)c1)=NO2. The van der Waals surface area contributed by atoms with Gasteiger partial charge in [0.25, 0.3) is 11.8 Å². The number of amides is 2. The average molecular weight is 1080 g/mol. The Morgan fingerprint density at radius 2 is 1.28 bits per heavy atom. The van der Waals surface area contributed by atoms with Gasteiger partial charge in [-0.2, -0.15) is 0 Å². The third-order valence-corrected chi connectivity index (χ3v) is 12.0. The van der Waals surface area contributed by atoms with E-state index in [1.54, 1.807) is 12.2 Å². The molecule has 1 aromatic rings. The van der Waals surface area contributed by atoms with Gasteiger partial charge in [0.05, 0.1) is 47.7 Å². The number of hydrogen-bond acceptors (Lipinski definition) is 11. The summed E-state index contributed by atoms with van der Waals surface area (Å²) in [6, 6.07) is 3.81. The number of aliphatic hydroxyl groups excluding tert-OH is 2. The summed E-state index contributed by atoms with van der Waals surface area (Å²) < 4.78 is 19.9. The average Bonchev–Trinajstić information content (AvgIpc) is 3.70. The highest BCUT2D eigenvalue weighted by molar-refractivity contribution is 9.12. The molecule has 50 heavy (non-hydrogen) atoms. The van der Waals surface area contributed by atoms with Crippen molar-refractivity contribution in [3.8, 4) is 5.75 Å². The number of ether oxygens (including phenoxy) is 3. The summed E-state index contributed by atoms with van der Waals surface area (Å²) in [5.41, 5.74) is -1.20. The second kappa shape index (κ2) is 16.5. The number of oxime groups is 2. The molecular weight excluding hydrogens is 1050 g/mol. The fraction of sp³-hybridized carbons (Fsp3) is 0.419. The zero-order valence-electron chi connectivity index (χ0n) is 26.3. The third-order valence-electron chi connectivity index (χ3n) is 8.10. The molecule has 13 nitrogen and oxygen atoms in total. The van der Waals surface area contributed by atoms with Crippen LogP contribution in [-0.4, -0.2) is 90.8 Å². The van der Waals surface area contributed by atoms with Crippen LogP contribution in [0.1, 0.15) is 24.8 Å². The molecular formula is C31H30Br6N4O9. The molecule has 5 rings (SSSR count). The minimum absolute atomic E-state index is 0.0728. The number of hydrogen-bond donors (Lipinski definition) is 4. The molecule has 2 spiro atoms. The van der Waals surface area contributed by atoms with Crippen LogP contribution in [0.15, 0.2) is 73.0 Å². The normalized spacial score (nSPS) is 25.8. The Bertz CT molecular complexity index is 1740. The fourth-order valence-corrected chi connectivity index (χ4v) is 10.6. The highest BCUT2D eigenvalue weighted by Gasteiger charge is 2.51. The van der Waals surface area contributed by atoms with Crippen LogP contribution < -0.4 is 15.4 Å². The number of nitrogens with one attached hydrogen (secondary N) is 2. The summed E-state index contributed by atoms with van der Waals surface area (Å²) in [6.07, 6.45) is 2.25. The quantitative estimate of drug-likeness (QED) is 0.195. The lowest BCUT2D eigenvalue weighted by atomic mass is 9.87. The van der Waals surface area contributed by atoms with Crippen molar-refractivity contribution in [2.75, 3.05) is 33.9 Å². The van der Waals surface area contributed by atoms with Crippen LogP contribution in [0.5, 0.6) is 5.75 Å². The topological polar surface area (TPSA) is 170 Å². The zero-order chi connectivity index (χ0) is 36.4. The Hall–Kier alpha value is -1.74. The number of carbonyl (C=O) groups is 2. The number of methoxy groups -OCH3 is 2. The van der Waals surface area contributed by atoms with Crippen molar-refractivity contribution < 1.29 is 43.7 Å². The van der Waals surface area contributed by atoms with E-state index in [1.807, 2.05) is 12.1 Å². The van der Waals surface area contributed by atoms with Crippen LogP contribution in [0.4, 0.5) is 0 Å². The molecule has 0 saturated heterocycles. The Balaban J connectivity index is 1.04. The summed E-state index contributed by atoms with van der Waals surface area (Å²) in [4.78, 5) is 36.8. The van der Waals surface area contributed by atoms with E-state index < -0.39 is 35.2 Å². The smallest absolute Gasteiger partial charge is 0.269 e. The summed E-state index contributed by atoms with van der Waals surface area (Å²) in [6.45, 7) is 0.968. The first kappa shape index (κ1) is 39.5. The van der Waals surface area contributed by atoms with Crippen molar-refractivity contribution in [2.45, 2.75) is 49.1 Å². The standard InChI is InChI=1S/C31H30Br6N4O9/c1-46-24-17(34)10-30(26(42)21(24)36)12-19(40-49-30)28(44)38-5-3-7-48-23-15(32)8-14(9-16(23)33)4-6-39-29(45)20-13-31(50-41-20)11-18(35)25(47-2)22(37)27(31)43/h8-11,26-27,42-43H,3-7,12-13H2,1-2H3,(H,38,44)(H,39,45)/t26-,27+,30+,31-/m0/s1. The molecule has 0 aromatic heterocycles. The van der Waals surface area contributed by atoms with E-state index in [1.165, 1.54) is 14.2 Å². The molecule has 2 aliphatic heterocycles. The Kier molecular flexibility index (Phi) is 13.0. The van der Waals surface area contributed by atoms with Crippen LogP contribution in [0.2, 0.25) is 0 Å². The predicted molar refractivity (Wildman–Crippen MR) is 205 cm³/mol. The number of nitrogens with zero attached hydrogens (tertiary/aromatic N) is 2. The first-order valence-electron chi connectivity index (χ1n) is 14.9. The van der Waals surface area contributed by atoms with E-state index in [0.29, 0.717) is 67.7 Å². The fourth-order valence-electron chi connectivity index (χ4n) is 5.50.